The fourth-order valence-electron chi connectivity index (χ4n) is 2.94. The molecule has 0 fully saturated rings. The summed E-state index contributed by atoms with van der Waals surface area (Å²) in [5.41, 5.74) is 0.606. The molecule has 0 radical (unpaired) electrons. The topological polar surface area (TPSA) is 120 Å². The van der Waals surface area contributed by atoms with Gasteiger partial charge in [-0.25, -0.2) is 4.68 Å². The lowest BCUT2D eigenvalue weighted by molar-refractivity contribution is 0.324. The van der Waals surface area contributed by atoms with Crippen molar-refractivity contribution in [3.05, 3.63) is 62.9 Å². The van der Waals surface area contributed by atoms with Crippen molar-refractivity contribution >= 4 is 22.8 Å². The Labute approximate surface area is 172 Å². The van der Waals surface area contributed by atoms with Gasteiger partial charge in [-0.3, -0.25) is 14.4 Å². The van der Waals surface area contributed by atoms with Crippen LogP contribution in [0.4, 0.5) is 0 Å². The molecule has 0 aliphatic carbocycles. The molecule has 0 spiro atoms. The molecule has 9 nitrogen and oxygen atoms in total. The van der Waals surface area contributed by atoms with E-state index in [0.29, 0.717) is 39.1 Å². The zero-order valence-electron chi connectivity index (χ0n) is 16.5. The molecule has 30 heavy (non-hydrogen) atoms. The van der Waals surface area contributed by atoms with Crippen LogP contribution < -0.4 is 30.3 Å². The SMILES string of the molecule is C=c1[nH]n(-c2ccc(S(=O)(=O)O)cc2)c(=O)/c1=C/c1cc(OC)c(OC)c(OC)c1. The van der Waals surface area contributed by atoms with E-state index in [0.717, 1.165) is 0 Å². The third kappa shape index (κ3) is 3.95. The van der Waals surface area contributed by atoms with Crippen LogP contribution in [0.5, 0.6) is 17.2 Å². The van der Waals surface area contributed by atoms with Crippen molar-refractivity contribution in [2.24, 2.45) is 0 Å². The number of aromatic nitrogens is 2. The van der Waals surface area contributed by atoms with Crippen LogP contribution in [0.1, 0.15) is 5.56 Å². The molecular formula is C20H20N2O7S. The van der Waals surface area contributed by atoms with Gasteiger partial charge in [0.2, 0.25) is 5.75 Å². The van der Waals surface area contributed by atoms with Gasteiger partial charge in [0.1, 0.15) is 0 Å². The number of benzene rings is 2. The van der Waals surface area contributed by atoms with Crippen molar-refractivity contribution in [2.45, 2.75) is 4.90 Å². The second-order valence-corrected chi connectivity index (χ2v) is 7.64. The van der Waals surface area contributed by atoms with Gasteiger partial charge in [0.05, 0.1) is 42.5 Å². The van der Waals surface area contributed by atoms with E-state index < -0.39 is 15.7 Å². The average Bonchev–Trinajstić information content (AvgIpc) is 3.00. The van der Waals surface area contributed by atoms with E-state index in [1.165, 1.54) is 50.3 Å². The van der Waals surface area contributed by atoms with Crippen molar-refractivity contribution in [3.8, 4) is 22.9 Å². The molecule has 3 rings (SSSR count). The number of methoxy groups -OCH3 is 3. The highest BCUT2D eigenvalue weighted by molar-refractivity contribution is 7.85. The fourth-order valence-corrected chi connectivity index (χ4v) is 3.42. The van der Waals surface area contributed by atoms with E-state index in [1.54, 1.807) is 18.2 Å². The minimum atomic E-state index is -4.32. The summed E-state index contributed by atoms with van der Waals surface area (Å²) in [6.07, 6.45) is 1.62. The Balaban J connectivity index is 2.14. The third-order valence-electron chi connectivity index (χ3n) is 4.40. The van der Waals surface area contributed by atoms with Crippen LogP contribution in [0.2, 0.25) is 0 Å². The Morgan fingerprint density at radius 2 is 1.60 bits per heavy atom. The zero-order chi connectivity index (χ0) is 22.1. The van der Waals surface area contributed by atoms with E-state index >= 15 is 0 Å². The Morgan fingerprint density at radius 3 is 2.07 bits per heavy atom. The van der Waals surface area contributed by atoms with E-state index in [9.17, 15) is 13.2 Å². The number of H-pyrrole nitrogens is 1. The zero-order valence-corrected chi connectivity index (χ0v) is 17.3. The van der Waals surface area contributed by atoms with Gasteiger partial charge in [-0.2, -0.15) is 8.42 Å². The number of aromatic amines is 1. The van der Waals surface area contributed by atoms with Crippen molar-refractivity contribution in [2.75, 3.05) is 21.3 Å². The summed E-state index contributed by atoms with van der Waals surface area (Å²) in [4.78, 5) is 12.6. The highest BCUT2D eigenvalue weighted by Crippen LogP contribution is 2.38. The quantitative estimate of drug-likeness (QED) is 0.550. The predicted molar refractivity (Wildman–Crippen MR) is 111 cm³/mol. The monoisotopic (exact) mass is 432 g/mol. The maximum absolute atomic E-state index is 12.9. The van der Waals surface area contributed by atoms with Crippen LogP contribution in [-0.2, 0) is 10.1 Å². The Bertz CT molecular complexity index is 1330. The molecule has 0 saturated heterocycles. The third-order valence-corrected chi connectivity index (χ3v) is 5.26. The molecule has 2 N–H and O–H groups in total. The molecule has 0 atom stereocenters. The maximum Gasteiger partial charge on any atom is 0.294 e. The maximum atomic E-state index is 12.9. The Kier molecular flexibility index (Phi) is 5.72. The standard InChI is InChI=1S/C20H20N2O7S/c1-12-16(9-13-10-17(27-2)19(29-4)18(11-13)28-3)20(23)22(21-12)14-5-7-15(8-6-14)30(24,25)26/h5-11,21H,1H2,2-4H3,(H,24,25,26)/b16-9+. The van der Waals surface area contributed by atoms with Crippen LogP contribution in [0, 0.1) is 0 Å². The molecule has 0 aliphatic rings. The van der Waals surface area contributed by atoms with E-state index in [1.807, 2.05) is 0 Å². The molecule has 10 heteroatoms. The normalized spacial score (nSPS) is 12.1. The first-order valence-electron chi connectivity index (χ1n) is 8.59. The van der Waals surface area contributed by atoms with Gasteiger partial charge in [0.25, 0.3) is 15.7 Å². The average molecular weight is 432 g/mol. The number of hydrogen-bond donors (Lipinski definition) is 2. The summed E-state index contributed by atoms with van der Waals surface area (Å²) in [6.45, 7) is 3.87. The summed E-state index contributed by atoms with van der Waals surface area (Å²) in [5, 5.41) is 3.50. The van der Waals surface area contributed by atoms with E-state index in [4.69, 9.17) is 18.8 Å². The Morgan fingerprint density at radius 1 is 1.03 bits per heavy atom. The predicted octanol–water partition coefficient (Wildman–Crippen LogP) is 0.677. The van der Waals surface area contributed by atoms with Gasteiger partial charge in [0, 0.05) is 0 Å². The summed E-state index contributed by atoms with van der Waals surface area (Å²) >= 11 is 0. The van der Waals surface area contributed by atoms with Gasteiger partial charge in [-0.1, -0.05) is 6.58 Å². The van der Waals surface area contributed by atoms with Crippen LogP contribution in [-0.4, -0.2) is 44.1 Å². The smallest absolute Gasteiger partial charge is 0.294 e. The fraction of sp³-hybridized carbons (Fsp3) is 0.150. The van der Waals surface area contributed by atoms with Gasteiger partial charge in [-0.05, 0) is 48.0 Å². The van der Waals surface area contributed by atoms with Crippen molar-refractivity contribution in [1.29, 1.82) is 0 Å². The molecule has 158 valence electrons. The molecule has 0 unspecified atom stereocenters. The van der Waals surface area contributed by atoms with Crippen LogP contribution >= 0.6 is 0 Å². The number of ether oxygens (including phenoxy) is 3. The molecule has 1 heterocycles. The van der Waals surface area contributed by atoms with Crippen molar-refractivity contribution in [1.82, 2.24) is 9.78 Å². The first kappa shape index (κ1) is 21.2. The number of rotatable bonds is 6. The lowest BCUT2D eigenvalue weighted by Gasteiger charge is -2.12. The largest absolute Gasteiger partial charge is 0.493 e. The Hall–Kier alpha value is -3.50. The molecule has 1 aromatic heterocycles. The number of nitrogens with zero attached hydrogens (tertiary/aromatic N) is 1. The summed E-state index contributed by atoms with van der Waals surface area (Å²) in [5.74, 6) is 1.30. The minimum Gasteiger partial charge on any atom is -0.493 e. The van der Waals surface area contributed by atoms with Gasteiger partial charge < -0.3 is 14.2 Å². The van der Waals surface area contributed by atoms with Gasteiger partial charge >= 0.3 is 0 Å². The van der Waals surface area contributed by atoms with Gasteiger partial charge in [-0.15, -0.1) is 0 Å². The van der Waals surface area contributed by atoms with Crippen LogP contribution in [0.3, 0.4) is 0 Å². The summed E-state index contributed by atoms with van der Waals surface area (Å²) in [7, 11) is 0.158. The number of nitrogens with one attached hydrogen (secondary N) is 1. The number of hydrogen-bond acceptors (Lipinski definition) is 6. The van der Waals surface area contributed by atoms with Crippen LogP contribution in [0.15, 0.2) is 46.1 Å². The summed E-state index contributed by atoms with van der Waals surface area (Å²) in [6, 6.07) is 8.57. The van der Waals surface area contributed by atoms with Gasteiger partial charge in [0.15, 0.2) is 11.5 Å². The van der Waals surface area contributed by atoms with Crippen molar-refractivity contribution in [3.63, 3.8) is 0 Å². The molecule has 2 aromatic carbocycles. The lowest BCUT2D eigenvalue weighted by Crippen LogP contribution is -2.33. The molecule has 3 aromatic rings. The second kappa shape index (κ2) is 8.09. The van der Waals surface area contributed by atoms with Crippen LogP contribution in [0.25, 0.3) is 18.3 Å². The molecular weight excluding hydrogens is 412 g/mol. The lowest BCUT2D eigenvalue weighted by atomic mass is 10.1. The van der Waals surface area contributed by atoms with E-state index in [-0.39, 0.29) is 4.90 Å². The molecule has 0 aliphatic heterocycles. The highest BCUT2D eigenvalue weighted by Gasteiger charge is 2.14. The summed E-state index contributed by atoms with van der Waals surface area (Å²) < 4.78 is 48.7. The second-order valence-electron chi connectivity index (χ2n) is 6.22. The highest BCUT2D eigenvalue weighted by atomic mass is 32.2. The molecule has 0 amide bonds. The first-order chi connectivity index (χ1) is 14.2. The van der Waals surface area contributed by atoms with Crippen molar-refractivity contribution < 1.29 is 27.2 Å². The molecule has 0 saturated carbocycles. The minimum absolute atomic E-state index is 0.273. The first-order valence-corrected chi connectivity index (χ1v) is 10.0. The molecule has 0 bridgehead atoms. The van der Waals surface area contributed by atoms with E-state index in [2.05, 4.69) is 11.7 Å².